The standard InChI is InChI=1S/C12H27NSi/c1-6-10-14(8-3,11-7-2)12-9-13(4)5/h6,10H,7-9,11-12H2,1-5H3. The molecule has 0 bridgehead atoms. The molecule has 0 aliphatic rings. The Labute approximate surface area is 91.2 Å². The van der Waals surface area contributed by atoms with E-state index in [1.54, 1.807) is 0 Å². The molecule has 0 aromatic carbocycles. The summed E-state index contributed by atoms with van der Waals surface area (Å²) in [5, 5.41) is 0. The van der Waals surface area contributed by atoms with Gasteiger partial charge in [0.25, 0.3) is 0 Å². The lowest BCUT2D eigenvalue weighted by atomic mass is 10.6. The number of hydrogen-bond acceptors (Lipinski definition) is 1. The molecule has 0 spiro atoms. The molecule has 0 radical (unpaired) electrons. The molecule has 0 aliphatic carbocycles. The van der Waals surface area contributed by atoms with Crippen LogP contribution in [0.4, 0.5) is 0 Å². The zero-order valence-electron chi connectivity index (χ0n) is 10.6. The van der Waals surface area contributed by atoms with Crippen molar-refractivity contribution in [2.24, 2.45) is 0 Å². The van der Waals surface area contributed by atoms with Gasteiger partial charge < -0.3 is 4.90 Å². The van der Waals surface area contributed by atoms with Crippen LogP contribution in [0.15, 0.2) is 11.8 Å². The van der Waals surface area contributed by atoms with Crippen molar-refractivity contribution in [3.63, 3.8) is 0 Å². The smallest absolute Gasteiger partial charge is 0.0783 e. The molecule has 0 fully saturated rings. The van der Waals surface area contributed by atoms with Crippen LogP contribution >= 0.6 is 0 Å². The van der Waals surface area contributed by atoms with Gasteiger partial charge in [-0.25, -0.2) is 0 Å². The maximum absolute atomic E-state index is 2.56. The van der Waals surface area contributed by atoms with Gasteiger partial charge in [0.1, 0.15) is 0 Å². The van der Waals surface area contributed by atoms with E-state index in [9.17, 15) is 0 Å². The van der Waals surface area contributed by atoms with Crippen molar-refractivity contribution in [2.45, 2.75) is 45.3 Å². The molecule has 1 atom stereocenters. The minimum absolute atomic E-state index is 1.05. The van der Waals surface area contributed by atoms with Crippen LogP contribution in [0.3, 0.4) is 0 Å². The van der Waals surface area contributed by atoms with Gasteiger partial charge in [0.15, 0.2) is 0 Å². The Morgan fingerprint density at radius 1 is 1.14 bits per heavy atom. The molecule has 1 nitrogen and oxygen atoms in total. The van der Waals surface area contributed by atoms with Crippen molar-refractivity contribution in [1.82, 2.24) is 4.90 Å². The third kappa shape index (κ3) is 4.96. The average Bonchev–Trinajstić information content (AvgIpc) is 2.15. The topological polar surface area (TPSA) is 3.24 Å². The zero-order chi connectivity index (χ0) is 11.0. The van der Waals surface area contributed by atoms with Gasteiger partial charge in [-0.3, -0.25) is 0 Å². The van der Waals surface area contributed by atoms with Crippen LogP contribution in [0.5, 0.6) is 0 Å². The largest absolute Gasteiger partial charge is 0.310 e. The number of allylic oxidation sites excluding steroid dienone is 1. The van der Waals surface area contributed by atoms with Crippen molar-refractivity contribution in [3.05, 3.63) is 11.8 Å². The van der Waals surface area contributed by atoms with Crippen molar-refractivity contribution in [3.8, 4) is 0 Å². The molecule has 0 saturated heterocycles. The number of nitrogens with zero attached hydrogens (tertiary/aromatic N) is 1. The molecular formula is C12H27NSi. The van der Waals surface area contributed by atoms with E-state index in [-0.39, 0.29) is 0 Å². The Kier molecular flexibility index (Phi) is 7.20. The van der Waals surface area contributed by atoms with E-state index in [0.717, 1.165) is 0 Å². The van der Waals surface area contributed by atoms with Crippen molar-refractivity contribution < 1.29 is 0 Å². The van der Waals surface area contributed by atoms with Crippen LogP contribution < -0.4 is 0 Å². The van der Waals surface area contributed by atoms with Crippen LogP contribution in [0.25, 0.3) is 0 Å². The molecule has 0 heterocycles. The molecule has 2 heteroatoms. The fourth-order valence-electron chi connectivity index (χ4n) is 2.06. The summed E-state index contributed by atoms with van der Waals surface area (Å²) in [5.41, 5.74) is 2.56. The van der Waals surface area contributed by atoms with Crippen molar-refractivity contribution >= 4 is 8.07 Å². The zero-order valence-corrected chi connectivity index (χ0v) is 11.6. The first-order valence-electron chi connectivity index (χ1n) is 5.88. The van der Waals surface area contributed by atoms with E-state index in [2.05, 4.69) is 51.5 Å². The van der Waals surface area contributed by atoms with Gasteiger partial charge in [-0.05, 0) is 33.6 Å². The second-order valence-corrected chi connectivity index (χ2v) is 9.28. The highest BCUT2D eigenvalue weighted by molar-refractivity contribution is 6.84. The highest BCUT2D eigenvalue weighted by Gasteiger charge is 2.26. The minimum Gasteiger partial charge on any atom is -0.310 e. The van der Waals surface area contributed by atoms with Crippen LogP contribution in [-0.4, -0.2) is 33.6 Å². The van der Waals surface area contributed by atoms with E-state index < -0.39 is 8.07 Å². The maximum Gasteiger partial charge on any atom is 0.0783 e. The predicted molar refractivity (Wildman–Crippen MR) is 69.5 cm³/mol. The second kappa shape index (κ2) is 7.24. The van der Waals surface area contributed by atoms with Crippen LogP contribution in [0, 0.1) is 0 Å². The average molecular weight is 213 g/mol. The Morgan fingerprint density at radius 2 is 1.79 bits per heavy atom. The Bertz CT molecular complexity index is 166. The first-order chi connectivity index (χ1) is 6.60. The highest BCUT2D eigenvalue weighted by atomic mass is 28.3. The lowest BCUT2D eigenvalue weighted by Crippen LogP contribution is -2.34. The Morgan fingerprint density at radius 3 is 2.14 bits per heavy atom. The first kappa shape index (κ1) is 13.9. The predicted octanol–water partition coefficient (Wildman–Crippen LogP) is 3.54. The van der Waals surface area contributed by atoms with Gasteiger partial charge in [0.2, 0.25) is 0 Å². The van der Waals surface area contributed by atoms with Crippen molar-refractivity contribution in [2.75, 3.05) is 20.6 Å². The summed E-state index contributed by atoms with van der Waals surface area (Å²) < 4.78 is 0. The van der Waals surface area contributed by atoms with E-state index in [1.165, 1.54) is 31.1 Å². The summed E-state index contributed by atoms with van der Waals surface area (Å²) >= 11 is 0. The monoisotopic (exact) mass is 213 g/mol. The van der Waals surface area contributed by atoms with Gasteiger partial charge >= 0.3 is 0 Å². The summed E-state index contributed by atoms with van der Waals surface area (Å²) in [5.74, 6) is 0. The van der Waals surface area contributed by atoms with Gasteiger partial charge in [0.05, 0.1) is 8.07 Å². The molecule has 84 valence electrons. The van der Waals surface area contributed by atoms with Gasteiger partial charge in [-0.2, -0.15) is 0 Å². The fraction of sp³-hybridized carbons (Fsp3) is 0.833. The van der Waals surface area contributed by atoms with E-state index in [4.69, 9.17) is 0 Å². The summed E-state index contributed by atoms with van der Waals surface area (Å²) in [6, 6.07) is 4.29. The quantitative estimate of drug-likeness (QED) is 0.585. The molecule has 0 aromatic rings. The maximum atomic E-state index is 2.56. The van der Waals surface area contributed by atoms with E-state index >= 15 is 0 Å². The molecule has 0 N–H and O–H groups in total. The van der Waals surface area contributed by atoms with Crippen molar-refractivity contribution in [1.29, 1.82) is 0 Å². The summed E-state index contributed by atoms with van der Waals surface area (Å²) in [4.78, 5) is 2.32. The van der Waals surface area contributed by atoms with Crippen LogP contribution in [-0.2, 0) is 0 Å². The molecule has 0 saturated carbocycles. The molecular weight excluding hydrogens is 186 g/mol. The highest BCUT2D eigenvalue weighted by Crippen LogP contribution is 2.24. The third-order valence-electron chi connectivity index (χ3n) is 3.03. The SMILES string of the molecule is CC=C[Si](CC)(CCC)CCN(C)C. The molecule has 1 unspecified atom stereocenters. The van der Waals surface area contributed by atoms with Gasteiger partial charge in [0, 0.05) is 0 Å². The summed E-state index contributed by atoms with van der Waals surface area (Å²) in [7, 11) is 3.30. The van der Waals surface area contributed by atoms with Gasteiger partial charge in [-0.1, -0.05) is 44.1 Å². The molecule has 14 heavy (non-hydrogen) atoms. The Hall–Kier alpha value is -0.0831. The summed E-state index contributed by atoms with van der Waals surface area (Å²) in [6.07, 6.45) is 3.62. The second-order valence-electron chi connectivity index (χ2n) is 4.52. The number of rotatable bonds is 7. The minimum atomic E-state index is -1.05. The van der Waals surface area contributed by atoms with E-state index in [1.807, 2.05) is 0 Å². The molecule has 0 aliphatic heterocycles. The Balaban J connectivity index is 4.33. The molecule has 0 rings (SSSR count). The first-order valence-corrected chi connectivity index (χ1v) is 8.58. The normalized spacial score (nSPS) is 16.4. The lowest BCUT2D eigenvalue weighted by molar-refractivity contribution is 0.431. The molecule has 0 amide bonds. The fourth-order valence-corrected chi connectivity index (χ4v) is 6.18. The van der Waals surface area contributed by atoms with Crippen LogP contribution in [0.1, 0.15) is 27.2 Å². The summed E-state index contributed by atoms with van der Waals surface area (Å²) in [6.45, 7) is 8.11. The van der Waals surface area contributed by atoms with Gasteiger partial charge in [-0.15, -0.1) is 0 Å². The van der Waals surface area contributed by atoms with E-state index in [0.29, 0.717) is 0 Å². The number of hydrogen-bond donors (Lipinski definition) is 0. The lowest BCUT2D eigenvalue weighted by Gasteiger charge is -2.28. The molecule has 0 aromatic heterocycles. The van der Waals surface area contributed by atoms with Crippen LogP contribution in [0.2, 0.25) is 18.1 Å². The third-order valence-corrected chi connectivity index (χ3v) is 8.19.